The molecule has 2 aromatic heterocycles. The molecule has 1 N–H and O–H groups in total. The minimum atomic E-state index is -0.699. The highest BCUT2D eigenvalue weighted by atomic mass is 35.5. The van der Waals surface area contributed by atoms with E-state index in [0.29, 0.717) is 10.7 Å². The highest BCUT2D eigenvalue weighted by molar-refractivity contribution is 8.01. The Morgan fingerprint density at radius 2 is 1.93 bits per heavy atom. The Bertz CT molecular complexity index is 1170. The summed E-state index contributed by atoms with van der Waals surface area (Å²) in [5, 5.41) is 5.06. The van der Waals surface area contributed by atoms with Crippen LogP contribution < -0.4 is 10.3 Å². The van der Waals surface area contributed by atoms with Crippen LogP contribution in [0, 0.1) is 0 Å². The minimum absolute atomic E-state index is 0.0480. The molecule has 0 fully saturated rings. The van der Waals surface area contributed by atoms with E-state index in [1.54, 1.807) is 24.3 Å². The topological polar surface area (TPSA) is 79.8 Å². The first kappa shape index (κ1) is 18.7. The third-order valence-corrected chi connectivity index (χ3v) is 6.15. The van der Waals surface area contributed by atoms with Gasteiger partial charge in [-0.25, -0.2) is 9.78 Å². The number of hydrogen-bond acceptors (Lipinski definition) is 6. The van der Waals surface area contributed by atoms with E-state index in [0.717, 1.165) is 15.6 Å². The van der Waals surface area contributed by atoms with E-state index in [2.05, 4.69) is 10.3 Å². The second kappa shape index (κ2) is 8.14. The number of thioether (sulfide) groups is 1. The minimum Gasteiger partial charge on any atom is -0.286 e. The summed E-state index contributed by atoms with van der Waals surface area (Å²) in [6.45, 7) is 0. The molecule has 2 aromatic carbocycles. The first-order chi connectivity index (χ1) is 13.6. The lowest BCUT2D eigenvalue weighted by atomic mass is 10.2. The van der Waals surface area contributed by atoms with E-state index in [9.17, 15) is 9.59 Å². The van der Waals surface area contributed by atoms with Crippen LogP contribution in [0.5, 0.6) is 0 Å². The predicted molar refractivity (Wildman–Crippen MR) is 108 cm³/mol. The van der Waals surface area contributed by atoms with Crippen molar-refractivity contribution in [2.75, 3.05) is 5.75 Å². The molecule has 0 saturated heterocycles. The van der Waals surface area contributed by atoms with Gasteiger partial charge in [0.05, 0.1) is 11.4 Å². The Kier molecular flexibility index (Phi) is 5.43. The number of rotatable bonds is 6. The van der Waals surface area contributed by atoms with Crippen molar-refractivity contribution in [2.45, 2.75) is 4.34 Å². The summed E-state index contributed by atoms with van der Waals surface area (Å²) in [5.41, 5.74) is 1.66. The van der Waals surface area contributed by atoms with E-state index in [4.69, 9.17) is 16.1 Å². The van der Waals surface area contributed by atoms with E-state index in [-0.39, 0.29) is 17.2 Å². The first-order valence-electron chi connectivity index (χ1n) is 8.18. The Morgan fingerprint density at radius 1 is 1.18 bits per heavy atom. The van der Waals surface area contributed by atoms with Crippen LogP contribution in [0.2, 0.25) is 5.02 Å². The van der Waals surface area contributed by atoms with Crippen molar-refractivity contribution in [1.29, 1.82) is 0 Å². The average Bonchev–Trinajstić information content (AvgIpc) is 3.34. The molecule has 0 saturated carbocycles. The predicted octanol–water partition coefficient (Wildman–Crippen LogP) is 4.00. The molecule has 0 spiro atoms. The summed E-state index contributed by atoms with van der Waals surface area (Å²) in [6, 6.07) is 16.4. The van der Waals surface area contributed by atoms with Gasteiger partial charge in [0, 0.05) is 28.1 Å². The maximum atomic E-state index is 12.6. The molecule has 0 aliphatic carbocycles. The number of ketones is 1. The SMILES string of the molecule is O=C(CSc1nc(-c2ccc(Cl)cc2)cs1)c1c(=O)o[nH][n+]1-c1ccccc1. The first-order valence-corrected chi connectivity index (χ1v) is 10.4. The van der Waals surface area contributed by atoms with Gasteiger partial charge < -0.3 is 0 Å². The molecule has 0 atom stereocenters. The number of nitrogens with zero attached hydrogens (tertiary/aromatic N) is 2. The van der Waals surface area contributed by atoms with Crippen LogP contribution in [-0.4, -0.2) is 21.8 Å². The number of carbonyl (C=O) groups excluding carboxylic acids is 1. The van der Waals surface area contributed by atoms with Crippen LogP contribution in [0.4, 0.5) is 0 Å². The molecule has 0 aliphatic heterocycles. The summed E-state index contributed by atoms with van der Waals surface area (Å²) >= 11 is 8.64. The number of aromatic nitrogens is 3. The normalized spacial score (nSPS) is 10.9. The number of Topliss-reactive ketones (excluding diaryl/α,β-unsaturated/α-hetero) is 1. The molecule has 6 nitrogen and oxygen atoms in total. The maximum Gasteiger partial charge on any atom is 0.438 e. The van der Waals surface area contributed by atoms with E-state index < -0.39 is 5.63 Å². The maximum absolute atomic E-state index is 12.6. The number of hydrogen-bond donors (Lipinski definition) is 1. The van der Waals surface area contributed by atoms with Gasteiger partial charge in [0.2, 0.25) is 11.5 Å². The summed E-state index contributed by atoms with van der Waals surface area (Å²) in [6.07, 6.45) is 0. The van der Waals surface area contributed by atoms with Gasteiger partial charge in [-0.05, 0) is 22.1 Å². The van der Waals surface area contributed by atoms with Crippen LogP contribution in [0.3, 0.4) is 0 Å². The number of halogens is 1. The lowest BCUT2D eigenvalue weighted by Crippen LogP contribution is -2.41. The van der Waals surface area contributed by atoms with Gasteiger partial charge in [0.15, 0.2) is 4.34 Å². The molecular formula is C19H13ClN3O3S2+. The lowest BCUT2D eigenvalue weighted by molar-refractivity contribution is -0.672. The number of aromatic amines is 1. The van der Waals surface area contributed by atoms with Crippen molar-refractivity contribution < 1.29 is 14.0 Å². The molecule has 9 heteroatoms. The molecule has 140 valence electrons. The van der Waals surface area contributed by atoms with Gasteiger partial charge in [-0.15, -0.1) is 11.3 Å². The van der Waals surface area contributed by atoms with Crippen molar-refractivity contribution >= 4 is 40.5 Å². The highest BCUT2D eigenvalue weighted by Gasteiger charge is 2.30. The van der Waals surface area contributed by atoms with Gasteiger partial charge in [0.1, 0.15) is 0 Å². The summed E-state index contributed by atoms with van der Waals surface area (Å²) in [4.78, 5) is 29.2. The largest absolute Gasteiger partial charge is 0.438 e. The number of benzene rings is 2. The molecule has 2 heterocycles. The molecule has 28 heavy (non-hydrogen) atoms. The molecule has 0 amide bonds. The summed E-state index contributed by atoms with van der Waals surface area (Å²) < 4.78 is 6.92. The molecule has 0 radical (unpaired) electrons. The van der Waals surface area contributed by atoms with Gasteiger partial charge in [-0.2, -0.15) is 0 Å². The van der Waals surface area contributed by atoms with Crippen LogP contribution in [0.15, 0.2) is 73.6 Å². The van der Waals surface area contributed by atoms with Crippen molar-refractivity contribution in [3.05, 3.63) is 81.1 Å². The van der Waals surface area contributed by atoms with Gasteiger partial charge in [-0.3, -0.25) is 9.32 Å². The van der Waals surface area contributed by atoms with Crippen molar-refractivity contribution in [1.82, 2.24) is 10.3 Å². The second-order valence-electron chi connectivity index (χ2n) is 5.72. The highest BCUT2D eigenvalue weighted by Crippen LogP contribution is 2.29. The zero-order chi connectivity index (χ0) is 19.5. The van der Waals surface area contributed by atoms with Crippen LogP contribution >= 0.6 is 34.7 Å². The Hall–Kier alpha value is -2.68. The fourth-order valence-electron chi connectivity index (χ4n) is 2.54. The van der Waals surface area contributed by atoms with Gasteiger partial charge in [0.25, 0.3) is 0 Å². The molecule has 0 aliphatic rings. The molecule has 4 rings (SSSR count). The van der Waals surface area contributed by atoms with Crippen molar-refractivity contribution in [2.24, 2.45) is 0 Å². The fraction of sp³-hybridized carbons (Fsp3) is 0.0526. The third-order valence-electron chi connectivity index (χ3n) is 3.87. The number of H-pyrrole nitrogens is 1. The quantitative estimate of drug-likeness (QED) is 0.284. The standard InChI is InChI=1S/C19H12ClN3O3S2/c20-13-8-6-12(7-9-13)15-10-27-19(21-15)28-11-16(24)17-18(25)26-22-23(17)14-4-2-1-3-5-14/h1-10H,11H2/p+1. The Balaban J connectivity index is 1.49. The number of para-hydroxylation sites is 1. The van der Waals surface area contributed by atoms with E-state index >= 15 is 0 Å². The van der Waals surface area contributed by atoms with Crippen LogP contribution in [0.25, 0.3) is 16.9 Å². The molecular weight excluding hydrogens is 418 g/mol. The van der Waals surface area contributed by atoms with Crippen LogP contribution in [-0.2, 0) is 0 Å². The monoisotopic (exact) mass is 430 g/mol. The smallest absolute Gasteiger partial charge is 0.286 e. The molecule has 0 bridgehead atoms. The Labute approximate surface area is 172 Å². The second-order valence-corrected chi connectivity index (χ2v) is 8.23. The Morgan fingerprint density at radius 3 is 2.68 bits per heavy atom. The zero-order valence-electron chi connectivity index (χ0n) is 14.3. The summed E-state index contributed by atoms with van der Waals surface area (Å²) in [7, 11) is 0. The van der Waals surface area contributed by atoms with Gasteiger partial charge in [-0.1, -0.05) is 53.7 Å². The van der Waals surface area contributed by atoms with E-state index in [1.807, 2.05) is 35.7 Å². The van der Waals surface area contributed by atoms with Gasteiger partial charge >= 0.3 is 11.3 Å². The average molecular weight is 431 g/mol. The molecule has 0 unspecified atom stereocenters. The van der Waals surface area contributed by atoms with E-state index in [1.165, 1.54) is 27.8 Å². The van der Waals surface area contributed by atoms with Crippen molar-refractivity contribution in [3.63, 3.8) is 0 Å². The number of thiazole rings is 1. The van der Waals surface area contributed by atoms with Crippen molar-refractivity contribution in [3.8, 4) is 16.9 Å². The molecule has 4 aromatic rings. The number of carbonyl (C=O) groups is 1. The lowest BCUT2D eigenvalue weighted by Gasteiger charge is -1.96. The summed E-state index contributed by atoms with van der Waals surface area (Å²) in [5.74, 6) is -0.268. The third kappa shape index (κ3) is 3.94. The van der Waals surface area contributed by atoms with Crippen LogP contribution in [0.1, 0.15) is 10.5 Å². The zero-order valence-corrected chi connectivity index (χ0v) is 16.7. The fourth-order valence-corrected chi connectivity index (χ4v) is 4.37. The number of nitrogens with one attached hydrogen (secondary N) is 1.